The lowest BCUT2D eigenvalue weighted by molar-refractivity contribution is 0.101. The second-order valence-electron chi connectivity index (χ2n) is 3.41. The van der Waals surface area contributed by atoms with Crippen LogP contribution in [0.15, 0.2) is 5.38 Å². The van der Waals surface area contributed by atoms with Gasteiger partial charge in [0.1, 0.15) is 10.7 Å². The van der Waals surface area contributed by atoms with E-state index >= 15 is 0 Å². The van der Waals surface area contributed by atoms with Crippen LogP contribution in [0.2, 0.25) is 0 Å². The molecule has 0 N–H and O–H groups in total. The van der Waals surface area contributed by atoms with Gasteiger partial charge in [0.2, 0.25) is 0 Å². The molecule has 1 heterocycles. The van der Waals surface area contributed by atoms with Crippen molar-refractivity contribution >= 4 is 33.0 Å². The van der Waals surface area contributed by atoms with Crippen molar-refractivity contribution in [2.75, 3.05) is 0 Å². The van der Waals surface area contributed by atoms with Crippen molar-refractivity contribution in [2.24, 2.45) is 5.92 Å². The molecule has 14 heavy (non-hydrogen) atoms. The first-order valence-electron chi connectivity index (χ1n) is 4.66. The number of carbonyl (C=O) groups is 1. The standard InChI is InChI=1S/C10H14BrNOS/c1-4-6(2)9(11)10-12-8(5-14-10)7(3)13/h5-6,9H,4H2,1-3H3. The maximum atomic E-state index is 11.0. The molecule has 1 aromatic heterocycles. The fraction of sp³-hybridized carbons (Fsp3) is 0.600. The van der Waals surface area contributed by atoms with E-state index in [0.29, 0.717) is 11.6 Å². The highest BCUT2D eigenvalue weighted by molar-refractivity contribution is 9.09. The molecule has 78 valence electrons. The fourth-order valence-corrected chi connectivity index (χ4v) is 2.79. The Balaban J connectivity index is 2.81. The van der Waals surface area contributed by atoms with Crippen LogP contribution in [0.5, 0.6) is 0 Å². The minimum atomic E-state index is 0.0383. The summed E-state index contributed by atoms with van der Waals surface area (Å²) >= 11 is 5.16. The number of thiazole rings is 1. The topological polar surface area (TPSA) is 30.0 Å². The molecule has 2 nitrogen and oxygen atoms in total. The fourth-order valence-electron chi connectivity index (χ4n) is 1.03. The van der Waals surface area contributed by atoms with Crippen LogP contribution >= 0.6 is 27.3 Å². The summed E-state index contributed by atoms with van der Waals surface area (Å²) in [6.45, 7) is 5.87. The second kappa shape index (κ2) is 5.03. The third-order valence-corrected chi connectivity index (χ3v) is 4.83. The minimum Gasteiger partial charge on any atom is -0.293 e. The van der Waals surface area contributed by atoms with E-state index in [-0.39, 0.29) is 10.6 Å². The van der Waals surface area contributed by atoms with Gasteiger partial charge in [-0.25, -0.2) is 4.98 Å². The van der Waals surface area contributed by atoms with Crippen LogP contribution in [0, 0.1) is 5.92 Å². The predicted molar refractivity (Wildman–Crippen MR) is 63.2 cm³/mol. The number of nitrogens with zero attached hydrogens (tertiary/aromatic N) is 1. The van der Waals surface area contributed by atoms with Gasteiger partial charge in [-0.15, -0.1) is 11.3 Å². The molecule has 2 unspecified atom stereocenters. The third kappa shape index (κ3) is 2.64. The summed E-state index contributed by atoms with van der Waals surface area (Å²) in [6.07, 6.45) is 1.10. The Morgan fingerprint density at radius 1 is 1.71 bits per heavy atom. The van der Waals surface area contributed by atoms with Crippen LogP contribution in [0.25, 0.3) is 0 Å². The number of rotatable bonds is 4. The molecule has 0 fully saturated rings. The maximum absolute atomic E-state index is 11.0. The van der Waals surface area contributed by atoms with Crippen molar-refractivity contribution in [2.45, 2.75) is 32.0 Å². The molecule has 0 saturated carbocycles. The summed E-state index contributed by atoms with van der Waals surface area (Å²) < 4.78 is 0. The number of aromatic nitrogens is 1. The van der Waals surface area contributed by atoms with Crippen molar-refractivity contribution in [3.05, 3.63) is 16.1 Å². The van der Waals surface area contributed by atoms with Gasteiger partial charge in [-0.05, 0) is 5.92 Å². The van der Waals surface area contributed by atoms with Gasteiger partial charge in [0, 0.05) is 12.3 Å². The van der Waals surface area contributed by atoms with E-state index in [2.05, 4.69) is 34.8 Å². The first-order chi connectivity index (χ1) is 6.56. The van der Waals surface area contributed by atoms with E-state index < -0.39 is 0 Å². The second-order valence-corrected chi connectivity index (χ2v) is 5.29. The highest BCUT2D eigenvalue weighted by atomic mass is 79.9. The summed E-state index contributed by atoms with van der Waals surface area (Å²) in [4.78, 5) is 15.6. The normalized spacial score (nSPS) is 15.1. The molecule has 0 aromatic carbocycles. The Labute approximate surface area is 96.9 Å². The summed E-state index contributed by atoms with van der Waals surface area (Å²) in [5.41, 5.74) is 0.581. The minimum absolute atomic E-state index is 0.0383. The first kappa shape index (κ1) is 11.9. The van der Waals surface area contributed by atoms with Crippen LogP contribution in [0.3, 0.4) is 0 Å². The molecule has 0 saturated heterocycles. The van der Waals surface area contributed by atoms with Crippen LogP contribution < -0.4 is 0 Å². The molecule has 0 aliphatic heterocycles. The van der Waals surface area contributed by atoms with Crippen LogP contribution in [0.4, 0.5) is 0 Å². The van der Waals surface area contributed by atoms with Crippen molar-refractivity contribution < 1.29 is 4.79 Å². The van der Waals surface area contributed by atoms with E-state index in [9.17, 15) is 4.79 Å². The van der Waals surface area contributed by atoms with Gasteiger partial charge in [-0.1, -0.05) is 36.2 Å². The molecule has 0 spiro atoms. The SMILES string of the molecule is CCC(C)C(Br)c1nc(C(C)=O)cs1. The van der Waals surface area contributed by atoms with Gasteiger partial charge in [0.15, 0.2) is 5.78 Å². The maximum Gasteiger partial charge on any atom is 0.178 e. The Kier molecular flexibility index (Phi) is 4.26. The Hall–Kier alpha value is -0.220. The van der Waals surface area contributed by atoms with Gasteiger partial charge in [0.05, 0.1) is 4.83 Å². The van der Waals surface area contributed by atoms with E-state index in [1.165, 1.54) is 0 Å². The van der Waals surface area contributed by atoms with E-state index in [0.717, 1.165) is 11.4 Å². The first-order valence-corrected chi connectivity index (χ1v) is 6.46. The molecule has 2 atom stereocenters. The third-order valence-electron chi connectivity index (χ3n) is 2.26. The molecule has 0 amide bonds. The van der Waals surface area contributed by atoms with E-state index in [4.69, 9.17) is 0 Å². The number of Topliss-reactive ketones (excluding diaryl/α,β-unsaturated/α-hetero) is 1. The Morgan fingerprint density at radius 3 is 2.79 bits per heavy atom. The summed E-state index contributed by atoms with van der Waals surface area (Å²) in [5.74, 6) is 0.581. The number of ketones is 1. The molecule has 4 heteroatoms. The number of halogens is 1. The van der Waals surface area contributed by atoms with Gasteiger partial charge in [0.25, 0.3) is 0 Å². The lowest BCUT2D eigenvalue weighted by atomic mass is 10.1. The Bertz CT molecular complexity index is 324. The zero-order chi connectivity index (χ0) is 10.7. The lowest BCUT2D eigenvalue weighted by Crippen LogP contribution is -2.02. The van der Waals surface area contributed by atoms with Crippen LogP contribution in [0.1, 0.15) is 47.5 Å². The highest BCUT2D eigenvalue weighted by Crippen LogP contribution is 2.34. The van der Waals surface area contributed by atoms with Gasteiger partial charge < -0.3 is 0 Å². The van der Waals surface area contributed by atoms with Gasteiger partial charge in [-0.3, -0.25) is 4.79 Å². The van der Waals surface area contributed by atoms with Crippen molar-refractivity contribution in [1.29, 1.82) is 0 Å². The van der Waals surface area contributed by atoms with Crippen molar-refractivity contribution in [1.82, 2.24) is 4.98 Å². The number of carbonyl (C=O) groups excluding carboxylic acids is 1. The van der Waals surface area contributed by atoms with Gasteiger partial charge >= 0.3 is 0 Å². The summed E-state index contributed by atoms with van der Waals surface area (Å²) in [7, 11) is 0. The molecular weight excluding hydrogens is 262 g/mol. The molecule has 0 bridgehead atoms. The van der Waals surface area contributed by atoms with Gasteiger partial charge in [-0.2, -0.15) is 0 Å². The van der Waals surface area contributed by atoms with E-state index in [1.807, 2.05) is 5.38 Å². The number of hydrogen-bond acceptors (Lipinski definition) is 3. The number of hydrogen-bond donors (Lipinski definition) is 0. The number of alkyl halides is 1. The molecule has 1 rings (SSSR count). The Morgan fingerprint density at radius 2 is 2.36 bits per heavy atom. The largest absolute Gasteiger partial charge is 0.293 e. The van der Waals surface area contributed by atoms with E-state index in [1.54, 1.807) is 18.3 Å². The smallest absolute Gasteiger partial charge is 0.178 e. The average Bonchev–Trinajstić information content (AvgIpc) is 2.64. The van der Waals surface area contributed by atoms with Crippen LogP contribution in [-0.4, -0.2) is 10.8 Å². The molecular formula is C10H14BrNOS. The highest BCUT2D eigenvalue weighted by Gasteiger charge is 2.18. The zero-order valence-corrected chi connectivity index (χ0v) is 11.0. The molecule has 0 aliphatic carbocycles. The zero-order valence-electron chi connectivity index (χ0n) is 8.58. The van der Waals surface area contributed by atoms with Crippen molar-refractivity contribution in [3.63, 3.8) is 0 Å². The quantitative estimate of drug-likeness (QED) is 0.618. The summed E-state index contributed by atoms with van der Waals surface area (Å²) in [6, 6.07) is 0. The summed E-state index contributed by atoms with van der Waals surface area (Å²) in [5, 5.41) is 2.83. The average molecular weight is 276 g/mol. The molecule has 0 aliphatic rings. The molecule has 0 radical (unpaired) electrons. The lowest BCUT2D eigenvalue weighted by Gasteiger charge is -2.13. The molecule has 1 aromatic rings. The van der Waals surface area contributed by atoms with Crippen LogP contribution in [-0.2, 0) is 0 Å². The predicted octanol–water partition coefficient (Wildman–Crippen LogP) is 3.83. The monoisotopic (exact) mass is 275 g/mol. The van der Waals surface area contributed by atoms with Crippen molar-refractivity contribution in [3.8, 4) is 0 Å².